The molecule has 0 amide bonds. The lowest BCUT2D eigenvalue weighted by Crippen LogP contribution is -2.32. The average Bonchev–Trinajstić information content (AvgIpc) is 2.82. The minimum Gasteiger partial charge on any atom is -0.486 e. The molecule has 2 aromatic rings. The first-order chi connectivity index (χ1) is 8.84. The predicted molar refractivity (Wildman–Crippen MR) is 67.2 cm³/mol. The Balaban J connectivity index is 1.74. The van der Waals surface area contributed by atoms with E-state index < -0.39 is 0 Å². The Morgan fingerprint density at radius 3 is 3.28 bits per heavy atom. The average molecular weight is 244 g/mol. The van der Waals surface area contributed by atoms with Gasteiger partial charge in [-0.25, -0.2) is 4.98 Å². The summed E-state index contributed by atoms with van der Waals surface area (Å²) in [6, 6.07) is 4.09. The number of hydrogen-bond acceptors (Lipinski definition) is 4. The van der Waals surface area contributed by atoms with Crippen molar-refractivity contribution >= 4 is 0 Å². The number of nitrogens with zero attached hydrogens (tertiary/aromatic N) is 3. The highest BCUT2D eigenvalue weighted by Crippen LogP contribution is 2.18. The van der Waals surface area contributed by atoms with Gasteiger partial charge in [-0.1, -0.05) is 0 Å². The maximum Gasteiger partial charge on any atom is 0.138 e. The maximum atomic E-state index is 5.71. The largest absolute Gasteiger partial charge is 0.486 e. The molecule has 0 saturated carbocycles. The topological polar surface area (TPSA) is 52.0 Å². The van der Waals surface area contributed by atoms with E-state index in [1.54, 1.807) is 12.4 Å². The Bertz CT molecular complexity index is 523. The monoisotopic (exact) mass is 244 g/mol. The second-order valence-electron chi connectivity index (χ2n) is 4.41. The molecule has 0 radical (unpaired) electrons. The van der Waals surface area contributed by atoms with E-state index in [-0.39, 0.29) is 0 Å². The van der Waals surface area contributed by atoms with Crippen molar-refractivity contribution in [2.75, 3.05) is 6.54 Å². The molecule has 0 aromatic carbocycles. The zero-order valence-corrected chi connectivity index (χ0v) is 10.3. The zero-order chi connectivity index (χ0) is 12.4. The quantitative estimate of drug-likeness (QED) is 0.889. The number of nitrogens with one attached hydrogen (secondary N) is 1. The number of ether oxygens (including phenoxy) is 1. The van der Waals surface area contributed by atoms with Crippen molar-refractivity contribution in [2.24, 2.45) is 0 Å². The predicted octanol–water partition coefficient (Wildman–Crippen LogP) is 1.52. The van der Waals surface area contributed by atoms with Crippen LogP contribution < -0.4 is 10.1 Å². The lowest BCUT2D eigenvalue weighted by Gasteiger charge is -2.23. The highest BCUT2D eigenvalue weighted by Gasteiger charge is 2.19. The lowest BCUT2D eigenvalue weighted by atomic mass is 10.2. The molecule has 0 fully saturated rings. The minimum atomic E-state index is 0.311. The highest BCUT2D eigenvalue weighted by molar-refractivity contribution is 5.17. The highest BCUT2D eigenvalue weighted by atomic mass is 16.5. The van der Waals surface area contributed by atoms with Crippen LogP contribution in [0.25, 0.3) is 0 Å². The molecular formula is C13H16N4O. The van der Waals surface area contributed by atoms with Crippen LogP contribution in [0, 0.1) is 0 Å². The molecule has 0 unspecified atom stereocenters. The molecule has 0 spiro atoms. The number of imidazole rings is 1. The molecule has 1 aliphatic heterocycles. The van der Waals surface area contributed by atoms with Gasteiger partial charge in [-0.05, 0) is 19.1 Å². The number of aromatic nitrogens is 3. The van der Waals surface area contributed by atoms with Crippen LogP contribution in [-0.2, 0) is 13.2 Å². The fourth-order valence-electron chi connectivity index (χ4n) is 2.22. The van der Waals surface area contributed by atoms with E-state index >= 15 is 0 Å². The zero-order valence-electron chi connectivity index (χ0n) is 10.3. The van der Waals surface area contributed by atoms with E-state index in [2.05, 4.69) is 26.8 Å². The molecule has 1 N–H and O–H groups in total. The first-order valence-corrected chi connectivity index (χ1v) is 6.15. The molecule has 1 aliphatic rings. The van der Waals surface area contributed by atoms with Crippen LogP contribution in [-0.4, -0.2) is 21.1 Å². The van der Waals surface area contributed by atoms with Gasteiger partial charge in [0.25, 0.3) is 0 Å². The van der Waals surface area contributed by atoms with Gasteiger partial charge in [-0.2, -0.15) is 0 Å². The third kappa shape index (κ3) is 2.09. The summed E-state index contributed by atoms with van der Waals surface area (Å²) in [5.41, 5.74) is 1.11. The SMILES string of the molecule is C[C@H]1NCCn2c(COc3cccnc3)cnc21. The minimum absolute atomic E-state index is 0.311. The van der Waals surface area contributed by atoms with Gasteiger partial charge in [-0.3, -0.25) is 4.98 Å². The van der Waals surface area contributed by atoms with Gasteiger partial charge >= 0.3 is 0 Å². The lowest BCUT2D eigenvalue weighted by molar-refractivity contribution is 0.288. The fraction of sp³-hybridized carbons (Fsp3) is 0.385. The molecule has 5 heteroatoms. The third-order valence-electron chi connectivity index (χ3n) is 3.16. The van der Waals surface area contributed by atoms with Gasteiger partial charge in [0.1, 0.15) is 18.2 Å². The summed E-state index contributed by atoms with van der Waals surface area (Å²) < 4.78 is 7.94. The Morgan fingerprint density at radius 2 is 2.44 bits per heavy atom. The summed E-state index contributed by atoms with van der Waals surface area (Å²) >= 11 is 0. The van der Waals surface area contributed by atoms with Crippen LogP contribution in [0.3, 0.4) is 0 Å². The van der Waals surface area contributed by atoms with E-state index in [0.717, 1.165) is 30.4 Å². The van der Waals surface area contributed by atoms with Crippen LogP contribution in [0.4, 0.5) is 0 Å². The normalized spacial score (nSPS) is 18.4. The molecule has 3 rings (SSSR count). The van der Waals surface area contributed by atoms with Crippen molar-refractivity contribution < 1.29 is 4.74 Å². The summed E-state index contributed by atoms with van der Waals surface area (Å²) in [4.78, 5) is 8.48. The van der Waals surface area contributed by atoms with Gasteiger partial charge in [0, 0.05) is 19.3 Å². The van der Waals surface area contributed by atoms with Gasteiger partial charge in [0.05, 0.1) is 24.1 Å². The molecule has 0 bridgehead atoms. The second-order valence-corrected chi connectivity index (χ2v) is 4.41. The van der Waals surface area contributed by atoms with Crippen molar-refractivity contribution in [3.63, 3.8) is 0 Å². The molecule has 2 aromatic heterocycles. The molecule has 0 aliphatic carbocycles. The van der Waals surface area contributed by atoms with E-state index in [1.807, 2.05) is 18.3 Å². The maximum absolute atomic E-state index is 5.71. The molecule has 94 valence electrons. The molecule has 3 heterocycles. The smallest absolute Gasteiger partial charge is 0.138 e. The standard InChI is InChI=1S/C13H16N4O/c1-10-13-16-7-11(17(13)6-5-15-10)9-18-12-3-2-4-14-8-12/h2-4,7-8,10,15H,5-6,9H2,1H3/t10-/m1/s1. The fourth-order valence-corrected chi connectivity index (χ4v) is 2.22. The summed E-state index contributed by atoms with van der Waals surface area (Å²) in [5.74, 6) is 1.88. The number of rotatable bonds is 3. The van der Waals surface area contributed by atoms with Crippen molar-refractivity contribution in [3.05, 3.63) is 42.2 Å². The van der Waals surface area contributed by atoms with E-state index in [9.17, 15) is 0 Å². The van der Waals surface area contributed by atoms with E-state index in [1.165, 1.54) is 0 Å². The second kappa shape index (κ2) is 4.78. The van der Waals surface area contributed by atoms with E-state index in [4.69, 9.17) is 4.74 Å². The third-order valence-corrected chi connectivity index (χ3v) is 3.16. The van der Waals surface area contributed by atoms with Crippen LogP contribution in [0.15, 0.2) is 30.7 Å². The Morgan fingerprint density at radius 1 is 1.50 bits per heavy atom. The number of pyridine rings is 1. The first-order valence-electron chi connectivity index (χ1n) is 6.15. The van der Waals surface area contributed by atoms with Crippen molar-refractivity contribution in [3.8, 4) is 5.75 Å². The van der Waals surface area contributed by atoms with Crippen molar-refractivity contribution in [1.29, 1.82) is 0 Å². The molecule has 18 heavy (non-hydrogen) atoms. The molecule has 5 nitrogen and oxygen atoms in total. The van der Waals surface area contributed by atoms with Gasteiger partial charge in [0.15, 0.2) is 0 Å². The van der Waals surface area contributed by atoms with Crippen LogP contribution in [0.5, 0.6) is 5.75 Å². The van der Waals surface area contributed by atoms with Crippen LogP contribution >= 0.6 is 0 Å². The van der Waals surface area contributed by atoms with Crippen molar-refractivity contribution in [1.82, 2.24) is 19.9 Å². The van der Waals surface area contributed by atoms with Crippen molar-refractivity contribution in [2.45, 2.75) is 26.1 Å². The van der Waals surface area contributed by atoms with Gasteiger partial charge in [0.2, 0.25) is 0 Å². The Labute approximate surface area is 106 Å². The number of fused-ring (bicyclic) bond motifs is 1. The van der Waals surface area contributed by atoms with E-state index in [0.29, 0.717) is 12.6 Å². The molecule has 0 saturated heterocycles. The Kier molecular flexibility index (Phi) is 2.98. The van der Waals surface area contributed by atoms with Crippen LogP contribution in [0.1, 0.15) is 24.5 Å². The summed E-state index contributed by atoms with van der Waals surface area (Å²) in [5, 5.41) is 3.39. The molecular weight excluding hydrogens is 228 g/mol. The molecule has 1 atom stereocenters. The first kappa shape index (κ1) is 11.2. The van der Waals surface area contributed by atoms with Crippen LogP contribution in [0.2, 0.25) is 0 Å². The number of hydrogen-bond donors (Lipinski definition) is 1. The summed E-state index contributed by atoms with van der Waals surface area (Å²) in [6.45, 7) is 4.59. The summed E-state index contributed by atoms with van der Waals surface area (Å²) in [7, 11) is 0. The Hall–Kier alpha value is -1.88. The van der Waals surface area contributed by atoms with Gasteiger partial charge < -0.3 is 14.6 Å². The van der Waals surface area contributed by atoms with Gasteiger partial charge in [-0.15, -0.1) is 0 Å². The summed E-state index contributed by atoms with van der Waals surface area (Å²) in [6.07, 6.45) is 5.35.